The van der Waals surface area contributed by atoms with Crippen LogP contribution in [0.1, 0.15) is 42.5 Å². The highest BCUT2D eigenvalue weighted by molar-refractivity contribution is 7.16. The Bertz CT molecular complexity index is 326. The number of aliphatic hydroxyl groups is 1. The number of hydrogen-bond donors (Lipinski definition) is 2. The molecule has 2 rings (SSSR count). The predicted octanol–water partition coefficient (Wildman–Crippen LogP) is 2.79. The van der Waals surface area contributed by atoms with E-state index in [0.29, 0.717) is 0 Å². The first-order chi connectivity index (χ1) is 6.62. The zero-order chi connectivity index (χ0) is 10.2. The maximum absolute atomic E-state index is 10.5. The summed E-state index contributed by atoms with van der Waals surface area (Å²) in [7, 11) is 0. The fourth-order valence-electron chi connectivity index (χ4n) is 2.30. The zero-order valence-electron chi connectivity index (χ0n) is 8.55. The summed E-state index contributed by atoms with van der Waals surface area (Å²) in [6.07, 6.45) is 5.21. The summed E-state index contributed by atoms with van der Waals surface area (Å²) < 4.78 is 0. The van der Waals surface area contributed by atoms with Crippen molar-refractivity contribution in [2.75, 3.05) is 5.73 Å². The molecule has 1 aromatic heterocycles. The van der Waals surface area contributed by atoms with Crippen LogP contribution in [0.4, 0.5) is 5.00 Å². The number of rotatable bonds is 1. The second-order valence-corrected chi connectivity index (χ2v) is 5.52. The van der Waals surface area contributed by atoms with Crippen molar-refractivity contribution < 1.29 is 5.11 Å². The lowest BCUT2D eigenvalue weighted by Crippen LogP contribution is -2.28. The summed E-state index contributed by atoms with van der Waals surface area (Å²) in [6.45, 7) is 2.04. The summed E-state index contributed by atoms with van der Waals surface area (Å²) in [5, 5.41) is 11.3. The number of hydrogen-bond acceptors (Lipinski definition) is 3. The van der Waals surface area contributed by atoms with Crippen molar-refractivity contribution in [1.29, 1.82) is 0 Å². The monoisotopic (exact) mass is 211 g/mol. The largest absolute Gasteiger partial charge is 0.390 e. The smallest absolute Gasteiger partial charge is 0.0925 e. The molecule has 0 unspecified atom stereocenters. The Labute approximate surface area is 88.8 Å². The van der Waals surface area contributed by atoms with Gasteiger partial charge in [-0.05, 0) is 25.8 Å². The topological polar surface area (TPSA) is 46.2 Å². The van der Waals surface area contributed by atoms with Crippen LogP contribution in [-0.2, 0) is 5.60 Å². The lowest BCUT2D eigenvalue weighted by atomic mass is 9.80. The molecule has 2 nitrogen and oxygen atoms in total. The standard InChI is InChI=1S/C11H17NOS/c1-8-7-9(10(12)14-8)11(13)5-3-2-4-6-11/h7,13H,2-6,12H2,1H3. The number of thiophene rings is 1. The maximum Gasteiger partial charge on any atom is 0.0925 e. The third kappa shape index (κ3) is 1.66. The summed E-state index contributed by atoms with van der Waals surface area (Å²) in [5.41, 5.74) is 6.26. The van der Waals surface area contributed by atoms with Crippen LogP contribution < -0.4 is 5.73 Å². The predicted molar refractivity (Wildman–Crippen MR) is 60.5 cm³/mol. The highest BCUT2D eigenvalue weighted by Gasteiger charge is 2.33. The van der Waals surface area contributed by atoms with Crippen LogP contribution in [0, 0.1) is 6.92 Å². The molecule has 1 saturated carbocycles. The van der Waals surface area contributed by atoms with Gasteiger partial charge in [0.25, 0.3) is 0 Å². The highest BCUT2D eigenvalue weighted by atomic mass is 32.1. The molecule has 0 saturated heterocycles. The van der Waals surface area contributed by atoms with E-state index < -0.39 is 5.60 Å². The molecular weight excluding hydrogens is 194 g/mol. The minimum atomic E-state index is -0.632. The van der Waals surface area contributed by atoms with Crippen molar-refractivity contribution >= 4 is 16.3 Å². The minimum Gasteiger partial charge on any atom is -0.390 e. The van der Waals surface area contributed by atoms with E-state index in [4.69, 9.17) is 5.73 Å². The first-order valence-corrected chi connectivity index (χ1v) is 6.02. The van der Waals surface area contributed by atoms with E-state index >= 15 is 0 Å². The molecule has 78 valence electrons. The molecule has 0 aliphatic heterocycles. The highest BCUT2D eigenvalue weighted by Crippen LogP contribution is 2.42. The first kappa shape index (κ1) is 9.99. The molecule has 1 aliphatic rings. The molecule has 1 aliphatic carbocycles. The van der Waals surface area contributed by atoms with Crippen LogP contribution in [0.15, 0.2) is 6.07 Å². The molecule has 0 amide bonds. The third-order valence-electron chi connectivity index (χ3n) is 3.07. The van der Waals surface area contributed by atoms with Crippen molar-refractivity contribution in [3.8, 4) is 0 Å². The summed E-state index contributed by atoms with van der Waals surface area (Å²) >= 11 is 1.58. The van der Waals surface area contributed by atoms with Crippen molar-refractivity contribution in [1.82, 2.24) is 0 Å². The first-order valence-electron chi connectivity index (χ1n) is 5.20. The average molecular weight is 211 g/mol. The van der Waals surface area contributed by atoms with Gasteiger partial charge in [-0.15, -0.1) is 11.3 Å². The Morgan fingerprint density at radius 2 is 2.00 bits per heavy atom. The van der Waals surface area contributed by atoms with Crippen molar-refractivity contribution in [2.45, 2.75) is 44.6 Å². The minimum absolute atomic E-state index is 0.632. The van der Waals surface area contributed by atoms with Crippen LogP contribution in [0.25, 0.3) is 0 Å². The Morgan fingerprint density at radius 3 is 2.50 bits per heavy atom. The van der Waals surface area contributed by atoms with Crippen LogP contribution >= 0.6 is 11.3 Å². The fraction of sp³-hybridized carbons (Fsp3) is 0.636. The molecule has 3 heteroatoms. The van der Waals surface area contributed by atoms with Gasteiger partial charge < -0.3 is 10.8 Å². The van der Waals surface area contributed by atoms with Gasteiger partial charge in [0.05, 0.1) is 10.6 Å². The Kier molecular flexibility index (Phi) is 2.54. The van der Waals surface area contributed by atoms with Crippen LogP contribution in [0.2, 0.25) is 0 Å². The molecule has 0 atom stereocenters. The van der Waals surface area contributed by atoms with E-state index in [1.165, 1.54) is 11.3 Å². The molecular formula is C11H17NOS. The van der Waals surface area contributed by atoms with Gasteiger partial charge in [-0.1, -0.05) is 19.3 Å². The Morgan fingerprint density at radius 1 is 1.36 bits per heavy atom. The average Bonchev–Trinajstić information content (AvgIpc) is 2.47. The molecule has 1 fully saturated rings. The molecule has 0 bridgehead atoms. The van der Waals surface area contributed by atoms with Crippen LogP contribution in [0.3, 0.4) is 0 Å². The fourth-order valence-corrected chi connectivity index (χ4v) is 3.18. The lowest BCUT2D eigenvalue weighted by Gasteiger charge is -2.32. The quantitative estimate of drug-likeness (QED) is 0.750. The number of aryl methyl sites for hydroxylation is 1. The van der Waals surface area contributed by atoms with E-state index in [1.807, 2.05) is 13.0 Å². The van der Waals surface area contributed by atoms with E-state index in [9.17, 15) is 5.11 Å². The van der Waals surface area contributed by atoms with Gasteiger partial charge in [-0.25, -0.2) is 0 Å². The molecule has 1 aromatic rings. The second kappa shape index (κ2) is 3.55. The van der Waals surface area contributed by atoms with Gasteiger partial charge >= 0.3 is 0 Å². The van der Waals surface area contributed by atoms with E-state index in [1.54, 1.807) is 11.3 Å². The second-order valence-electron chi connectivity index (χ2n) is 4.23. The molecule has 14 heavy (non-hydrogen) atoms. The molecule has 1 heterocycles. The summed E-state index contributed by atoms with van der Waals surface area (Å²) in [6, 6.07) is 2.05. The van der Waals surface area contributed by atoms with Crippen LogP contribution in [0.5, 0.6) is 0 Å². The molecule has 3 N–H and O–H groups in total. The van der Waals surface area contributed by atoms with E-state index in [0.717, 1.165) is 36.2 Å². The molecule has 0 radical (unpaired) electrons. The molecule has 0 aromatic carbocycles. The van der Waals surface area contributed by atoms with E-state index in [-0.39, 0.29) is 0 Å². The zero-order valence-corrected chi connectivity index (χ0v) is 9.36. The molecule has 0 spiro atoms. The van der Waals surface area contributed by atoms with Gasteiger partial charge in [-0.3, -0.25) is 0 Å². The summed E-state index contributed by atoms with van der Waals surface area (Å²) in [4.78, 5) is 1.19. The van der Waals surface area contributed by atoms with Crippen molar-refractivity contribution in [3.05, 3.63) is 16.5 Å². The van der Waals surface area contributed by atoms with E-state index in [2.05, 4.69) is 0 Å². The third-order valence-corrected chi connectivity index (χ3v) is 3.95. The number of nitrogen functional groups attached to an aromatic ring is 1. The van der Waals surface area contributed by atoms with Crippen LogP contribution in [-0.4, -0.2) is 5.11 Å². The summed E-state index contributed by atoms with van der Waals surface area (Å²) in [5.74, 6) is 0. The SMILES string of the molecule is Cc1cc(C2(O)CCCCC2)c(N)s1. The Balaban J connectivity index is 2.32. The normalized spacial score (nSPS) is 21.0. The number of anilines is 1. The van der Waals surface area contributed by atoms with Gasteiger partial charge in [0.1, 0.15) is 0 Å². The maximum atomic E-state index is 10.5. The lowest BCUT2D eigenvalue weighted by molar-refractivity contribution is 0.000378. The van der Waals surface area contributed by atoms with Gasteiger partial charge in [0.15, 0.2) is 0 Å². The van der Waals surface area contributed by atoms with Gasteiger partial charge in [0.2, 0.25) is 0 Å². The van der Waals surface area contributed by atoms with Crippen molar-refractivity contribution in [2.24, 2.45) is 0 Å². The number of nitrogens with two attached hydrogens (primary N) is 1. The van der Waals surface area contributed by atoms with Gasteiger partial charge in [0, 0.05) is 10.4 Å². The van der Waals surface area contributed by atoms with Gasteiger partial charge in [-0.2, -0.15) is 0 Å². The van der Waals surface area contributed by atoms with Crippen molar-refractivity contribution in [3.63, 3.8) is 0 Å². The Hall–Kier alpha value is -0.540.